The summed E-state index contributed by atoms with van der Waals surface area (Å²) in [5.74, 6) is 1.07. The highest BCUT2D eigenvalue weighted by Gasteiger charge is 2.22. The molecule has 2 N–H and O–H groups in total. The number of rotatable bonds is 2. The van der Waals surface area contributed by atoms with Crippen molar-refractivity contribution in [2.45, 2.75) is 0 Å². The second kappa shape index (κ2) is 5.77. The smallest absolute Gasteiger partial charge is 0.262 e. The van der Waals surface area contributed by atoms with Crippen LogP contribution in [0.4, 0.5) is 11.4 Å². The standard InChI is InChI=1S/C17H14N2O5/c20-15-9-24-13-3-1-2-11(16(13)19-15)17(21)18-10-4-5-12-14(8-10)23-7-6-22-12/h1-5,8H,6-7,9H2,(H,18,21)(H,19,20). The van der Waals surface area contributed by atoms with Gasteiger partial charge in [0.25, 0.3) is 11.8 Å². The normalized spacial score (nSPS) is 14.9. The van der Waals surface area contributed by atoms with Crippen LogP contribution < -0.4 is 24.8 Å². The molecule has 0 bridgehead atoms. The molecule has 0 fully saturated rings. The van der Waals surface area contributed by atoms with E-state index >= 15 is 0 Å². The summed E-state index contributed by atoms with van der Waals surface area (Å²) in [4.78, 5) is 24.1. The number of hydrogen-bond donors (Lipinski definition) is 2. The molecule has 2 amide bonds. The van der Waals surface area contributed by atoms with Crippen LogP contribution in [0.2, 0.25) is 0 Å². The Bertz CT molecular complexity index is 834. The summed E-state index contributed by atoms with van der Waals surface area (Å²) in [6.07, 6.45) is 0. The minimum Gasteiger partial charge on any atom is -0.486 e. The molecule has 0 aliphatic carbocycles. The van der Waals surface area contributed by atoms with E-state index in [4.69, 9.17) is 14.2 Å². The number of ether oxygens (including phenoxy) is 3. The number of carbonyl (C=O) groups excluding carboxylic acids is 2. The van der Waals surface area contributed by atoms with E-state index in [9.17, 15) is 9.59 Å². The fourth-order valence-corrected chi connectivity index (χ4v) is 2.61. The molecule has 0 spiro atoms. The van der Waals surface area contributed by atoms with E-state index in [1.54, 1.807) is 36.4 Å². The van der Waals surface area contributed by atoms with Crippen LogP contribution >= 0.6 is 0 Å². The largest absolute Gasteiger partial charge is 0.486 e. The molecule has 7 nitrogen and oxygen atoms in total. The van der Waals surface area contributed by atoms with Crippen molar-refractivity contribution >= 4 is 23.2 Å². The zero-order valence-corrected chi connectivity index (χ0v) is 12.6. The summed E-state index contributed by atoms with van der Waals surface area (Å²) in [5.41, 5.74) is 1.28. The van der Waals surface area contributed by atoms with Gasteiger partial charge in [-0.15, -0.1) is 0 Å². The Balaban J connectivity index is 1.60. The molecular weight excluding hydrogens is 312 g/mol. The summed E-state index contributed by atoms with van der Waals surface area (Å²) in [5, 5.41) is 5.47. The molecule has 2 aromatic rings. The third kappa shape index (κ3) is 2.60. The molecule has 2 aliphatic heterocycles. The van der Waals surface area contributed by atoms with Gasteiger partial charge in [0.2, 0.25) is 0 Å². The molecule has 0 saturated carbocycles. The van der Waals surface area contributed by atoms with Crippen molar-refractivity contribution < 1.29 is 23.8 Å². The molecule has 0 aromatic heterocycles. The molecule has 2 heterocycles. The van der Waals surface area contributed by atoms with E-state index in [0.717, 1.165) is 0 Å². The third-order valence-corrected chi connectivity index (χ3v) is 3.69. The fraction of sp³-hybridized carbons (Fsp3) is 0.176. The third-order valence-electron chi connectivity index (χ3n) is 3.69. The fourth-order valence-electron chi connectivity index (χ4n) is 2.61. The van der Waals surface area contributed by atoms with E-state index < -0.39 is 0 Å². The number of anilines is 2. The van der Waals surface area contributed by atoms with Gasteiger partial charge in [-0.2, -0.15) is 0 Å². The number of benzene rings is 2. The van der Waals surface area contributed by atoms with Gasteiger partial charge in [-0.25, -0.2) is 0 Å². The Labute approximate surface area is 137 Å². The molecule has 0 radical (unpaired) electrons. The van der Waals surface area contributed by atoms with Gasteiger partial charge < -0.3 is 24.8 Å². The van der Waals surface area contributed by atoms with Crippen LogP contribution in [0.5, 0.6) is 17.2 Å². The first-order valence-corrected chi connectivity index (χ1v) is 7.47. The van der Waals surface area contributed by atoms with E-state index in [2.05, 4.69) is 10.6 Å². The van der Waals surface area contributed by atoms with Gasteiger partial charge >= 0.3 is 0 Å². The topological polar surface area (TPSA) is 85.9 Å². The second-order valence-corrected chi connectivity index (χ2v) is 5.33. The summed E-state index contributed by atoms with van der Waals surface area (Å²) in [6, 6.07) is 10.2. The Kier molecular flexibility index (Phi) is 3.45. The predicted octanol–water partition coefficient (Wildman–Crippen LogP) is 2.04. The SMILES string of the molecule is O=C1COc2cccc(C(=O)Nc3ccc4c(c3)OCCO4)c2N1. The van der Waals surface area contributed by atoms with Gasteiger partial charge in [0.05, 0.1) is 11.3 Å². The molecule has 4 rings (SSSR count). The highest BCUT2D eigenvalue weighted by atomic mass is 16.6. The van der Waals surface area contributed by atoms with E-state index in [0.29, 0.717) is 47.4 Å². The van der Waals surface area contributed by atoms with Crippen molar-refractivity contribution in [3.8, 4) is 17.2 Å². The molecule has 0 saturated heterocycles. The zero-order valence-electron chi connectivity index (χ0n) is 12.6. The average Bonchev–Trinajstić information content (AvgIpc) is 2.61. The molecule has 2 aliphatic rings. The van der Waals surface area contributed by atoms with Gasteiger partial charge in [-0.3, -0.25) is 9.59 Å². The van der Waals surface area contributed by atoms with Crippen molar-refractivity contribution in [2.75, 3.05) is 30.5 Å². The monoisotopic (exact) mass is 326 g/mol. The van der Waals surface area contributed by atoms with E-state index in [1.807, 2.05) is 0 Å². The Morgan fingerprint density at radius 2 is 1.83 bits per heavy atom. The number of carbonyl (C=O) groups is 2. The molecule has 122 valence electrons. The van der Waals surface area contributed by atoms with E-state index in [-0.39, 0.29) is 18.4 Å². The maximum Gasteiger partial charge on any atom is 0.262 e. The summed E-state index contributed by atoms with van der Waals surface area (Å²) < 4.78 is 16.3. The number of para-hydroxylation sites is 1. The van der Waals surface area contributed by atoms with Crippen LogP contribution in [0.15, 0.2) is 36.4 Å². The molecule has 0 unspecified atom stereocenters. The lowest BCUT2D eigenvalue weighted by Crippen LogP contribution is -2.27. The number of fused-ring (bicyclic) bond motifs is 2. The first kappa shape index (κ1) is 14.4. The number of amides is 2. The Hall–Kier alpha value is -3.22. The summed E-state index contributed by atoms with van der Waals surface area (Å²) >= 11 is 0. The predicted molar refractivity (Wildman–Crippen MR) is 86.0 cm³/mol. The molecular formula is C17H14N2O5. The van der Waals surface area contributed by atoms with Crippen molar-refractivity contribution in [2.24, 2.45) is 0 Å². The molecule has 7 heteroatoms. The summed E-state index contributed by atoms with van der Waals surface area (Å²) in [7, 11) is 0. The quantitative estimate of drug-likeness (QED) is 0.882. The van der Waals surface area contributed by atoms with E-state index in [1.165, 1.54) is 0 Å². The minimum atomic E-state index is -0.352. The molecule has 0 atom stereocenters. The zero-order chi connectivity index (χ0) is 16.5. The first-order valence-electron chi connectivity index (χ1n) is 7.47. The average molecular weight is 326 g/mol. The minimum absolute atomic E-state index is 0.0553. The van der Waals surface area contributed by atoms with Crippen LogP contribution in [-0.2, 0) is 4.79 Å². The Morgan fingerprint density at radius 1 is 1.00 bits per heavy atom. The number of hydrogen-bond acceptors (Lipinski definition) is 5. The van der Waals surface area contributed by atoms with Gasteiger partial charge in [-0.1, -0.05) is 6.07 Å². The Morgan fingerprint density at radius 3 is 2.71 bits per heavy atom. The summed E-state index contributed by atoms with van der Waals surface area (Å²) in [6.45, 7) is 0.925. The first-order chi connectivity index (χ1) is 11.7. The van der Waals surface area contributed by atoms with Crippen molar-refractivity contribution in [3.05, 3.63) is 42.0 Å². The van der Waals surface area contributed by atoms with Crippen LogP contribution in [0.1, 0.15) is 10.4 Å². The lowest BCUT2D eigenvalue weighted by molar-refractivity contribution is -0.118. The maximum atomic E-state index is 12.6. The maximum absolute atomic E-state index is 12.6. The van der Waals surface area contributed by atoms with Crippen LogP contribution in [0.25, 0.3) is 0 Å². The van der Waals surface area contributed by atoms with Crippen molar-refractivity contribution in [1.82, 2.24) is 0 Å². The van der Waals surface area contributed by atoms with Gasteiger partial charge in [0, 0.05) is 11.8 Å². The molecule has 24 heavy (non-hydrogen) atoms. The van der Waals surface area contributed by atoms with Crippen molar-refractivity contribution in [3.63, 3.8) is 0 Å². The second-order valence-electron chi connectivity index (χ2n) is 5.33. The van der Waals surface area contributed by atoms with Gasteiger partial charge in [0.15, 0.2) is 18.1 Å². The highest BCUT2D eigenvalue weighted by molar-refractivity contribution is 6.12. The highest BCUT2D eigenvalue weighted by Crippen LogP contribution is 2.34. The number of nitrogens with one attached hydrogen (secondary N) is 2. The lowest BCUT2D eigenvalue weighted by atomic mass is 10.1. The van der Waals surface area contributed by atoms with Crippen LogP contribution in [0, 0.1) is 0 Å². The van der Waals surface area contributed by atoms with Crippen LogP contribution in [0.3, 0.4) is 0 Å². The molecule has 2 aromatic carbocycles. The van der Waals surface area contributed by atoms with Crippen molar-refractivity contribution in [1.29, 1.82) is 0 Å². The van der Waals surface area contributed by atoms with Crippen LogP contribution in [-0.4, -0.2) is 31.6 Å². The van der Waals surface area contributed by atoms with Gasteiger partial charge in [-0.05, 0) is 24.3 Å². The van der Waals surface area contributed by atoms with Gasteiger partial charge in [0.1, 0.15) is 19.0 Å². The lowest BCUT2D eigenvalue weighted by Gasteiger charge is -2.21.